The lowest BCUT2D eigenvalue weighted by atomic mass is 9.73. The van der Waals surface area contributed by atoms with Crippen LogP contribution in [0.1, 0.15) is 6.92 Å². The summed E-state index contributed by atoms with van der Waals surface area (Å²) in [4.78, 5) is 4.09. The maximum absolute atomic E-state index is 5.68. The first-order chi connectivity index (χ1) is 4.30. The molecule has 2 N–H and O–H groups in total. The second-order valence-electron chi connectivity index (χ2n) is 2.78. The SMILES string of the molecule is CC1C2N=COC1C2N. The lowest BCUT2D eigenvalue weighted by Crippen LogP contribution is -2.65. The predicted molar refractivity (Wildman–Crippen MR) is 34.3 cm³/mol. The van der Waals surface area contributed by atoms with Gasteiger partial charge in [-0.05, 0) is 0 Å². The van der Waals surface area contributed by atoms with E-state index >= 15 is 0 Å². The topological polar surface area (TPSA) is 47.6 Å². The third-order valence-electron chi connectivity index (χ3n) is 2.28. The molecule has 0 amide bonds. The van der Waals surface area contributed by atoms with Crippen molar-refractivity contribution in [3.05, 3.63) is 0 Å². The minimum atomic E-state index is 0.157. The molecule has 1 aliphatic carbocycles. The molecule has 0 radical (unpaired) electrons. The van der Waals surface area contributed by atoms with E-state index in [1.807, 2.05) is 0 Å². The third kappa shape index (κ3) is 0.477. The summed E-state index contributed by atoms with van der Waals surface area (Å²) in [5.74, 6) is 0.532. The summed E-state index contributed by atoms with van der Waals surface area (Å²) >= 11 is 0. The van der Waals surface area contributed by atoms with E-state index in [1.165, 1.54) is 6.40 Å². The number of ether oxygens (including phenoxy) is 1. The number of nitrogens with zero attached hydrogens (tertiary/aromatic N) is 1. The van der Waals surface area contributed by atoms with Crippen LogP contribution in [-0.2, 0) is 4.74 Å². The van der Waals surface area contributed by atoms with Gasteiger partial charge in [0.1, 0.15) is 6.10 Å². The third-order valence-corrected chi connectivity index (χ3v) is 2.28. The van der Waals surface area contributed by atoms with Crippen LogP contribution in [0.4, 0.5) is 0 Å². The Morgan fingerprint density at radius 3 is 2.67 bits per heavy atom. The normalized spacial score (nSPS) is 54.0. The van der Waals surface area contributed by atoms with Crippen molar-refractivity contribution in [2.75, 3.05) is 0 Å². The molecule has 4 unspecified atom stereocenters. The van der Waals surface area contributed by atoms with Crippen molar-refractivity contribution in [3.63, 3.8) is 0 Å². The highest BCUT2D eigenvalue weighted by molar-refractivity contribution is 5.51. The zero-order valence-corrected chi connectivity index (χ0v) is 5.32. The van der Waals surface area contributed by atoms with Gasteiger partial charge in [0, 0.05) is 5.92 Å². The second kappa shape index (κ2) is 1.48. The maximum atomic E-state index is 5.68. The van der Waals surface area contributed by atoms with E-state index < -0.39 is 0 Å². The van der Waals surface area contributed by atoms with Gasteiger partial charge in [0.15, 0.2) is 6.40 Å². The van der Waals surface area contributed by atoms with E-state index in [0.29, 0.717) is 12.0 Å². The Morgan fingerprint density at radius 1 is 1.67 bits per heavy atom. The first-order valence-electron chi connectivity index (χ1n) is 3.23. The zero-order chi connectivity index (χ0) is 6.43. The molecule has 9 heavy (non-hydrogen) atoms. The largest absolute Gasteiger partial charge is 0.478 e. The van der Waals surface area contributed by atoms with Gasteiger partial charge in [-0.25, -0.2) is 0 Å². The molecular weight excluding hydrogens is 116 g/mol. The molecule has 2 aliphatic heterocycles. The summed E-state index contributed by atoms with van der Waals surface area (Å²) in [6, 6.07) is 0.494. The minimum absolute atomic E-state index is 0.157. The Kier molecular flexibility index (Phi) is 0.858. The summed E-state index contributed by atoms with van der Waals surface area (Å²) in [6.07, 6.45) is 1.77. The maximum Gasteiger partial charge on any atom is 0.170 e. The Bertz CT molecular complexity index is 147. The van der Waals surface area contributed by atoms with Gasteiger partial charge in [-0.3, -0.25) is 4.99 Å². The number of rotatable bonds is 0. The smallest absolute Gasteiger partial charge is 0.170 e. The molecule has 3 heteroatoms. The number of hydrogen-bond donors (Lipinski definition) is 1. The fourth-order valence-electron chi connectivity index (χ4n) is 1.57. The van der Waals surface area contributed by atoms with Crippen molar-refractivity contribution in [1.29, 1.82) is 0 Å². The van der Waals surface area contributed by atoms with E-state index in [0.717, 1.165) is 0 Å². The molecule has 1 saturated carbocycles. The molecule has 50 valence electrons. The summed E-state index contributed by atoms with van der Waals surface area (Å²) in [7, 11) is 0. The Labute approximate surface area is 53.9 Å². The molecule has 0 saturated heterocycles. The van der Waals surface area contributed by atoms with E-state index in [2.05, 4.69) is 11.9 Å². The second-order valence-corrected chi connectivity index (χ2v) is 2.78. The standard InChI is InChI=1S/C6H10N2O/c1-3-5-4(7)6(3)9-2-8-5/h2-6H,7H2,1H3. The first-order valence-corrected chi connectivity index (χ1v) is 3.23. The molecule has 1 fully saturated rings. The number of aliphatic imine (C=N–C) groups is 1. The summed E-state index contributed by atoms with van der Waals surface area (Å²) in [6.45, 7) is 2.12. The number of fused-ring (bicyclic) bond motifs is 1. The highest BCUT2D eigenvalue weighted by Gasteiger charge is 2.49. The van der Waals surface area contributed by atoms with Crippen LogP contribution < -0.4 is 5.73 Å². The quantitative estimate of drug-likeness (QED) is 0.487. The highest BCUT2D eigenvalue weighted by atomic mass is 16.5. The lowest BCUT2D eigenvalue weighted by Gasteiger charge is -2.47. The van der Waals surface area contributed by atoms with Crippen LogP contribution >= 0.6 is 0 Å². The van der Waals surface area contributed by atoms with Crippen molar-refractivity contribution >= 4 is 6.40 Å². The van der Waals surface area contributed by atoms with Crippen LogP contribution in [0.3, 0.4) is 0 Å². The van der Waals surface area contributed by atoms with Crippen LogP contribution in [0.25, 0.3) is 0 Å². The van der Waals surface area contributed by atoms with Gasteiger partial charge < -0.3 is 10.5 Å². The van der Waals surface area contributed by atoms with Crippen molar-refractivity contribution < 1.29 is 4.74 Å². The molecule has 3 nitrogen and oxygen atoms in total. The van der Waals surface area contributed by atoms with Gasteiger partial charge in [0.05, 0.1) is 12.1 Å². The van der Waals surface area contributed by atoms with Crippen LogP contribution in [-0.4, -0.2) is 24.6 Å². The fraction of sp³-hybridized carbons (Fsp3) is 0.833. The molecule has 0 aromatic rings. The van der Waals surface area contributed by atoms with Crippen molar-refractivity contribution in [2.45, 2.75) is 25.1 Å². The van der Waals surface area contributed by atoms with E-state index in [1.54, 1.807) is 0 Å². The molecule has 0 aromatic heterocycles. The number of hydrogen-bond acceptors (Lipinski definition) is 3. The number of nitrogens with two attached hydrogens (primary N) is 1. The average molecular weight is 126 g/mol. The predicted octanol–water partition coefficient (Wildman–Crippen LogP) is -0.241. The molecule has 0 spiro atoms. The van der Waals surface area contributed by atoms with Crippen LogP contribution in [0.5, 0.6) is 0 Å². The molecule has 3 rings (SSSR count). The molecule has 4 atom stereocenters. The zero-order valence-electron chi connectivity index (χ0n) is 5.32. The molecule has 2 heterocycles. The Morgan fingerprint density at radius 2 is 2.44 bits per heavy atom. The molecule has 0 aromatic carbocycles. The average Bonchev–Trinajstić information content (AvgIpc) is 1.91. The van der Waals surface area contributed by atoms with E-state index in [4.69, 9.17) is 10.5 Å². The van der Waals surface area contributed by atoms with Gasteiger partial charge in [0.25, 0.3) is 0 Å². The van der Waals surface area contributed by atoms with Gasteiger partial charge in [-0.2, -0.15) is 0 Å². The molecule has 2 bridgehead atoms. The van der Waals surface area contributed by atoms with Crippen LogP contribution in [0, 0.1) is 5.92 Å². The first kappa shape index (κ1) is 5.23. The van der Waals surface area contributed by atoms with Gasteiger partial charge >= 0.3 is 0 Å². The Hall–Kier alpha value is -0.570. The van der Waals surface area contributed by atoms with Crippen molar-refractivity contribution in [1.82, 2.24) is 0 Å². The highest BCUT2D eigenvalue weighted by Crippen LogP contribution is 2.34. The summed E-state index contributed by atoms with van der Waals surface area (Å²) < 4.78 is 5.15. The summed E-state index contributed by atoms with van der Waals surface area (Å²) in [5, 5.41) is 0. The minimum Gasteiger partial charge on any atom is -0.478 e. The van der Waals surface area contributed by atoms with E-state index in [-0.39, 0.29) is 12.1 Å². The van der Waals surface area contributed by atoms with Crippen LogP contribution in [0.2, 0.25) is 0 Å². The van der Waals surface area contributed by atoms with Gasteiger partial charge in [0.2, 0.25) is 0 Å². The van der Waals surface area contributed by atoms with Crippen molar-refractivity contribution in [3.8, 4) is 0 Å². The van der Waals surface area contributed by atoms with E-state index in [9.17, 15) is 0 Å². The fourth-order valence-corrected chi connectivity index (χ4v) is 1.57. The monoisotopic (exact) mass is 126 g/mol. The molecular formula is C6H10N2O. The summed E-state index contributed by atoms with van der Waals surface area (Å²) in [5.41, 5.74) is 5.68. The van der Waals surface area contributed by atoms with Crippen LogP contribution in [0.15, 0.2) is 4.99 Å². The van der Waals surface area contributed by atoms with Gasteiger partial charge in [-0.15, -0.1) is 0 Å². The lowest BCUT2D eigenvalue weighted by molar-refractivity contribution is -0.0129. The van der Waals surface area contributed by atoms with Gasteiger partial charge in [-0.1, -0.05) is 6.92 Å². The Balaban J connectivity index is 2.21. The molecule has 3 aliphatic rings. The van der Waals surface area contributed by atoms with Crippen molar-refractivity contribution in [2.24, 2.45) is 16.6 Å².